The van der Waals surface area contributed by atoms with E-state index in [-0.39, 0.29) is 38.0 Å². The molecule has 1 aromatic carbocycles. The van der Waals surface area contributed by atoms with Gasteiger partial charge in [-0.2, -0.15) is 4.98 Å². The van der Waals surface area contributed by atoms with E-state index in [1.807, 2.05) is 30.3 Å². The molecule has 4 unspecified atom stereocenters. The normalized spacial score (nSPS) is 20.4. The lowest BCUT2D eigenvalue weighted by molar-refractivity contribution is -0.0820. The Morgan fingerprint density at radius 2 is 2.06 bits per heavy atom. The fourth-order valence-electron chi connectivity index (χ4n) is 3.53. The Hall–Kier alpha value is -2.44. The molecule has 1 fully saturated rings. The standard InChI is InChI=1S/C18H18N5O5PS.CH4O/c24-11(14-12(25)8-27-29-28-14)7-22-15-13(20-18(22)30)16(26)23-6-10(19-17(23)21-15)9-4-2-1-3-5-9;1-2/h1-6,11-12,14,24-25,29H,7-8H2,(H,19,21)(H,20,30);2H,1H3. The number of aromatic amines is 2. The number of fused-ring (bicyclic) bond motifs is 2. The molecular weight excluding hydrogens is 457 g/mol. The highest BCUT2D eigenvalue weighted by molar-refractivity contribution is 7.71. The summed E-state index contributed by atoms with van der Waals surface area (Å²) >= 11 is 5.35. The first kappa shape index (κ1) is 22.7. The average Bonchev–Trinajstić information content (AvgIpc) is 3.38. The van der Waals surface area contributed by atoms with E-state index in [0.29, 0.717) is 11.4 Å². The Morgan fingerprint density at radius 3 is 2.78 bits per heavy atom. The van der Waals surface area contributed by atoms with Crippen molar-refractivity contribution in [3.63, 3.8) is 0 Å². The van der Waals surface area contributed by atoms with Gasteiger partial charge in [-0.05, 0) is 17.8 Å². The number of hydrogen-bond acceptors (Lipinski definition) is 8. The quantitative estimate of drug-likeness (QED) is 0.215. The summed E-state index contributed by atoms with van der Waals surface area (Å²) in [6, 6.07) is 9.60. The highest BCUT2D eigenvalue weighted by Crippen LogP contribution is 2.28. The van der Waals surface area contributed by atoms with Gasteiger partial charge >= 0.3 is 0 Å². The van der Waals surface area contributed by atoms with Crippen molar-refractivity contribution in [2.45, 2.75) is 24.9 Å². The monoisotopic (exact) mass is 479 g/mol. The van der Waals surface area contributed by atoms with Crippen molar-refractivity contribution in [3.8, 4) is 11.3 Å². The molecule has 0 radical (unpaired) electrons. The molecule has 0 amide bonds. The maximum Gasteiger partial charge on any atom is 0.285 e. The van der Waals surface area contributed by atoms with Crippen LogP contribution in [0.4, 0.5) is 0 Å². The molecule has 170 valence electrons. The molecule has 1 aliphatic rings. The fraction of sp³-hybridized carbons (Fsp3) is 0.316. The Balaban J connectivity index is 0.00000119. The minimum Gasteiger partial charge on any atom is -0.400 e. The van der Waals surface area contributed by atoms with Crippen molar-refractivity contribution in [3.05, 3.63) is 51.7 Å². The van der Waals surface area contributed by atoms with E-state index in [1.54, 1.807) is 6.20 Å². The number of H-pyrrole nitrogens is 2. The molecule has 11 nitrogen and oxygen atoms in total. The maximum absolute atomic E-state index is 13.0. The Morgan fingerprint density at radius 1 is 1.31 bits per heavy atom. The SMILES string of the molecule is CO.O=c1c2[nH]c(=S)n(CC(O)C3OPOCC3O)c2nc2[nH]c(-c3ccccc3)cn12. The number of aliphatic hydroxyl groups excluding tert-OH is 3. The van der Waals surface area contributed by atoms with Gasteiger partial charge in [0.2, 0.25) is 5.78 Å². The minimum absolute atomic E-state index is 0.0000949. The molecule has 5 rings (SSSR count). The minimum atomic E-state index is -1.06. The summed E-state index contributed by atoms with van der Waals surface area (Å²) in [6.45, 7) is 0.0876. The Labute approximate surface area is 188 Å². The third-order valence-corrected chi connectivity index (χ3v) is 6.02. The number of aliphatic hydroxyl groups is 3. The van der Waals surface area contributed by atoms with Crippen molar-refractivity contribution in [1.29, 1.82) is 0 Å². The number of hydrogen-bond donors (Lipinski definition) is 5. The molecule has 4 aromatic rings. The van der Waals surface area contributed by atoms with Gasteiger partial charge in [-0.1, -0.05) is 30.3 Å². The summed E-state index contributed by atoms with van der Waals surface area (Å²) in [7, 11) is 0.744. The molecular formula is C19H22N5O6PS. The van der Waals surface area contributed by atoms with Gasteiger partial charge in [0, 0.05) is 13.3 Å². The lowest BCUT2D eigenvalue weighted by Gasteiger charge is -2.30. The second-order valence-electron chi connectivity index (χ2n) is 7.00. The fourth-order valence-corrected chi connectivity index (χ4v) is 4.52. The van der Waals surface area contributed by atoms with Crippen molar-refractivity contribution >= 4 is 38.2 Å². The topological polar surface area (TPSA) is 150 Å². The summed E-state index contributed by atoms with van der Waals surface area (Å²) in [4.78, 5) is 23.6. The van der Waals surface area contributed by atoms with Gasteiger partial charge in [0.1, 0.15) is 18.3 Å². The van der Waals surface area contributed by atoms with E-state index in [0.717, 1.165) is 18.4 Å². The van der Waals surface area contributed by atoms with Crippen molar-refractivity contribution in [2.75, 3.05) is 13.7 Å². The maximum atomic E-state index is 13.0. The average molecular weight is 479 g/mol. The molecule has 0 spiro atoms. The van der Waals surface area contributed by atoms with E-state index in [9.17, 15) is 15.0 Å². The third kappa shape index (κ3) is 4.14. The highest BCUT2D eigenvalue weighted by Gasteiger charge is 2.32. The van der Waals surface area contributed by atoms with E-state index in [2.05, 4.69) is 15.0 Å². The van der Waals surface area contributed by atoms with Gasteiger partial charge in [0.15, 0.2) is 25.0 Å². The second kappa shape index (κ2) is 9.59. The Kier molecular flexibility index (Phi) is 6.82. The summed E-state index contributed by atoms with van der Waals surface area (Å²) in [5.74, 6) is 0.354. The molecule has 1 aliphatic heterocycles. The molecule has 0 saturated carbocycles. The van der Waals surface area contributed by atoms with Crippen LogP contribution in [-0.2, 0) is 15.6 Å². The van der Waals surface area contributed by atoms with Crippen LogP contribution < -0.4 is 5.56 Å². The highest BCUT2D eigenvalue weighted by atomic mass is 32.1. The summed E-state index contributed by atoms with van der Waals surface area (Å²) in [6.07, 6.45) is -1.15. The van der Waals surface area contributed by atoms with Gasteiger partial charge in [0.25, 0.3) is 5.56 Å². The molecule has 32 heavy (non-hydrogen) atoms. The first-order valence-electron chi connectivity index (χ1n) is 9.65. The number of rotatable bonds is 4. The zero-order valence-corrected chi connectivity index (χ0v) is 18.7. The van der Waals surface area contributed by atoms with Crippen LogP contribution in [0.5, 0.6) is 0 Å². The van der Waals surface area contributed by atoms with Gasteiger partial charge in [-0.3, -0.25) is 9.36 Å². The molecule has 4 atom stereocenters. The smallest absolute Gasteiger partial charge is 0.285 e. The Bertz CT molecular complexity index is 1330. The van der Waals surface area contributed by atoms with Gasteiger partial charge < -0.3 is 34.3 Å². The van der Waals surface area contributed by atoms with Gasteiger partial charge in [-0.15, -0.1) is 0 Å². The predicted molar refractivity (Wildman–Crippen MR) is 121 cm³/mol. The van der Waals surface area contributed by atoms with Crippen LogP contribution in [0.15, 0.2) is 41.3 Å². The van der Waals surface area contributed by atoms with E-state index < -0.39 is 18.3 Å². The van der Waals surface area contributed by atoms with Gasteiger partial charge in [-0.25, -0.2) is 4.40 Å². The number of imidazole rings is 2. The summed E-state index contributed by atoms with van der Waals surface area (Å²) < 4.78 is 13.6. The molecule has 1 saturated heterocycles. The van der Waals surface area contributed by atoms with Gasteiger partial charge in [0.05, 0.1) is 18.8 Å². The molecule has 0 aliphatic carbocycles. The zero-order chi connectivity index (χ0) is 22.8. The van der Waals surface area contributed by atoms with Crippen LogP contribution in [0, 0.1) is 4.77 Å². The lowest BCUT2D eigenvalue weighted by Crippen LogP contribution is -2.44. The van der Waals surface area contributed by atoms with Crippen LogP contribution >= 0.6 is 21.3 Å². The number of aromatic nitrogens is 5. The van der Waals surface area contributed by atoms with Crippen LogP contribution in [-0.4, -0.2) is 71.3 Å². The van der Waals surface area contributed by atoms with Crippen LogP contribution in [0.1, 0.15) is 0 Å². The lowest BCUT2D eigenvalue weighted by atomic mass is 10.1. The largest absolute Gasteiger partial charge is 0.400 e. The van der Waals surface area contributed by atoms with E-state index in [4.69, 9.17) is 26.4 Å². The number of benzene rings is 1. The molecule has 5 N–H and O–H groups in total. The molecule has 3 aromatic heterocycles. The molecule has 4 heterocycles. The predicted octanol–water partition coefficient (Wildman–Crippen LogP) is 0.956. The molecule has 0 bridgehead atoms. The number of nitrogens with one attached hydrogen (secondary N) is 2. The first-order chi connectivity index (χ1) is 15.5. The van der Waals surface area contributed by atoms with Crippen LogP contribution in [0.25, 0.3) is 28.2 Å². The summed E-state index contributed by atoms with van der Waals surface area (Å²) in [5, 5.41) is 27.6. The van der Waals surface area contributed by atoms with Crippen LogP contribution in [0.2, 0.25) is 0 Å². The molecule has 13 heteroatoms. The van der Waals surface area contributed by atoms with E-state index >= 15 is 0 Å². The second-order valence-corrected chi connectivity index (χ2v) is 8.07. The van der Waals surface area contributed by atoms with E-state index in [1.165, 1.54) is 8.97 Å². The first-order valence-corrected chi connectivity index (χ1v) is 10.9. The summed E-state index contributed by atoms with van der Waals surface area (Å²) in [5.41, 5.74) is 1.91. The zero-order valence-electron chi connectivity index (χ0n) is 16.9. The van der Waals surface area contributed by atoms with Crippen LogP contribution in [0.3, 0.4) is 0 Å². The van der Waals surface area contributed by atoms with Crippen molar-refractivity contribution < 1.29 is 24.4 Å². The van der Waals surface area contributed by atoms with Crippen molar-refractivity contribution in [1.82, 2.24) is 23.9 Å². The third-order valence-electron chi connectivity index (χ3n) is 5.04. The van der Waals surface area contributed by atoms with Crippen molar-refractivity contribution in [2.24, 2.45) is 0 Å². The number of nitrogens with zero attached hydrogens (tertiary/aromatic N) is 3.